The third-order valence-electron chi connectivity index (χ3n) is 7.59. The molecule has 0 spiro atoms. The molecule has 1 fully saturated rings. The fourth-order valence-electron chi connectivity index (χ4n) is 5.57. The molecule has 0 aliphatic heterocycles. The molecule has 2 aromatic rings. The van der Waals surface area contributed by atoms with Crippen LogP contribution in [0.25, 0.3) is 5.57 Å². The highest BCUT2D eigenvalue weighted by Crippen LogP contribution is 2.39. The molecule has 1 saturated carbocycles. The predicted octanol–water partition coefficient (Wildman–Crippen LogP) is 9.21. The third kappa shape index (κ3) is 6.16. The molecule has 0 aromatic heterocycles. The zero-order valence-electron chi connectivity index (χ0n) is 20.6. The zero-order chi connectivity index (χ0) is 23.9. The second-order valence-electron chi connectivity index (χ2n) is 9.93. The highest BCUT2D eigenvalue weighted by atomic mass is 35.5. The summed E-state index contributed by atoms with van der Waals surface area (Å²) in [6.07, 6.45) is 13.1. The summed E-state index contributed by atoms with van der Waals surface area (Å²) < 4.78 is 25.9. The van der Waals surface area contributed by atoms with Crippen LogP contribution in [-0.2, 0) is 0 Å². The van der Waals surface area contributed by atoms with Gasteiger partial charge in [-0.1, -0.05) is 49.6 Å². The van der Waals surface area contributed by atoms with Gasteiger partial charge in [0.2, 0.25) is 0 Å². The van der Waals surface area contributed by atoms with Crippen molar-refractivity contribution in [3.8, 4) is 11.5 Å². The van der Waals surface area contributed by atoms with E-state index in [1.54, 1.807) is 6.07 Å². The Morgan fingerprint density at radius 2 is 1.68 bits per heavy atom. The Kier molecular flexibility index (Phi) is 8.94. The average Bonchev–Trinajstić information content (AvgIpc) is 2.87. The maximum atomic E-state index is 14.5. The molecule has 0 saturated heterocycles. The minimum absolute atomic E-state index is 0.158. The predicted molar refractivity (Wildman–Crippen MR) is 139 cm³/mol. The van der Waals surface area contributed by atoms with Crippen molar-refractivity contribution in [2.24, 2.45) is 11.8 Å². The summed E-state index contributed by atoms with van der Waals surface area (Å²) >= 11 is 6.31. The minimum Gasteiger partial charge on any atom is -0.493 e. The van der Waals surface area contributed by atoms with Crippen LogP contribution in [0.15, 0.2) is 42.5 Å². The molecule has 4 rings (SSSR count). The van der Waals surface area contributed by atoms with E-state index in [4.69, 9.17) is 21.1 Å². The van der Waals surface area contributed by atoms with Gasteiger partial charge in [-0.05, 0) is 111 Å². The van der Waals surface area contributed by atoms with Crippen LogP contribution in [0.3, 0.4) is 0 Å². The van der Waals surface area contributed by atoms with Gasteiger partial charge in [0.15, 0.2) is 11.6 Å². The first-order chi connectivity index (χ1) is 16.6. The summed E-state index contributed by atoms with van der Waals surface area (Å²) in [5, 5.41) is 0.158. The number of benzene rings is 2. The van der Waals surface area contributed by atoms with Crippen LogP contribution in [0.1, 0.15) is 88.7 Å². The van der Waals surface area contributed by atoms with Gasteiger partial charge in [-0.25, -0.2) is 4.39 Å². The smallest absolute Gasteiger partial charge is 0.184 e. The highest BCUT2D eigenvalue weighted by Gasteiger charge is 2.23. The number of halogens is 2. The van der Waals surface area contributed by atoms with Crippen molar-refractivity contribution in [2.75, 3.05) is 13.2 Å². The lowest BCUT2D eigenvalue weighted by Crippen LogP contribution is -2.15. The molecular formula is C30H38ClFO2. The summed E-state index contributed by atoms with van der Waals surface area (Å²) in [5.74, 6) is 2.82. The molecule has 34 heavy (non-hydrogen) atoms. The van der Waals surface area contributed by atoms with E-state index < -0.39 is 5.82 Å². The molecular weight excluding hydrogens is 447 g/mol. The van der Waals surface area contributed by atoms with Gasteiger partial charge in [0.05, 0.1) is 18.2 Å². The van der Waals surface area contributed by atoms with Gasteiger partial charge in [0, 0.05) is 0 Å². The van der Waals surface area contributed by atoms with E-state index in [1.165, 1.54) is 44.1 Å². The monoisotopic (exact) mass is 484 g/mol. The van der Waals surface area contributed by atoms with Gasteiger partial charge in [0.1, 0.15) is 5.75 Å². The van der Waals surface area contributed by atoms with Crippen molar-refractivity contribution in [3.05, 3.63) is 64.4 Å². The molecule has 0 amide bonds. The van der Waals surface area contributed by atoms with E-state index in [9.17, 15) is 4.39 Å². The van der Waals surface area contributed by atoms with Crippen molar-refractivity contribution < 1.29 is 13.9 Å². The van der Waals surface area contributed by atoms with Crippen molar-refractivity contribution in [3.63, 3.8) is 0 Å². The summed E-state index contributed by atoms with van der Waals surface area (Å²) in [5.41, 5.74) is 3.36. The van der Waals surface area contributed by atoms with Gasteiger partial charge >= 0.3 is 0 Å². The highest BCUT2D eigenvalue weighted by molar-refractivity contribution is 6.32. The second kappa shape index (κ2) is 12.1. The first-order valence-electron chi connectivity index (χ1n) is 13.1. The molecule has 184 valence electrons. The number of allylic oxidation sites excluding steroid dienone is 2. The molecule has 0 N–H and O–H groups in total. The Labute approximate surface area is 209 Å². The van der Waals surface area contributed by atoms with Gasteiger partial charge < -0.3 is 9.47 Å². The van der Waals surface area contributed by atoms with E-state index in [1.807, 2.05) is 13.0 Å². The molecule has 0 bridgehead atoms. The summed E-state index contributed by atoms with van der Waals surface area (Å²) in [7, 11) is 0. The zero-order valence-corrected chi connectivity index (χ0v) is 21.4. The quantitative estimate of drug-likeness (QED) is 0.353. The first kappa shape index (κ1) is 25.1. The van der Waals surface area contributed by atoms with E-state index in [-0.39, 0.29) is 10.8 Å². The number of hydrogen-bond donors (Lipinski definition) is 0. The maximum Gasteiger partial charge on any atom is 0.184 e. The molecule has 4 heteroatoms. The first-order valence-corrected chi connectivity index (χ1v) is 13.5. The van der Waals surface area contributed by atoms with Crippen LogP contribution >= 0.6 is 11.6 Å². The SMILES string of the molecule is CCCC1CCC(c2ccc(OCC3CC=C(c4ccc(OCC)c(F)c4Cl)CC3)cc2)CC1. The van der Waals surface area contributed by atoms with Crippen molar-refractivity contribution in [1.29, 1.82) is 0 Å². The fraction of sp³-hybridized carbons (Fsp3) is 0.533. The normalized spacial score (nSPS) is 22.8. The Hall–Kier alpha value is -2.00. The van der Waals surface area contributed by atoms with E-state index in [0.717, 1.165) is 42.1 Å². The Morgan fingerprint density at radius 3 is 2.32 bits per heavy atom. The molecule has 0 radical (unpaired) electrons. The number of hydrogen-bond acceptors (Lipinski definition) is 2. The summed E-state index contributed by atoms with van der Waals surface area (Å²) in [6, 6.07) is 12.4. The van der Waals surface area contributed by atoms with E-state index in [0.29, 0.717) is 25.0 Å². The van der Waals surface area contributed by atoms with Crippen LogP contribution in [0.2, 0.25) is 5.02 Å². The van der Waals surface area contributed by atoms with Crippen LogP contribution in [-0.4, -0.2) is 13.2 Å². The molecule has 1 atom stereocenters. The van der Waals surface area contributed by atoms with Crippen LogP contribution in [0.5, 0.6) is 11.5 Å². The Balaban J connectivity index is 1.27. The van der Waals surface area contributed by atoms with Crippen LogP contribution in [0.4, 0.5) is 4.39 Å². The van der Waals surface area contributed by atoms with Gasteiger partial charge in [-0.2, -0.15) is 0 Å². The van der Waals surface area contributed by atoms with Crippen molar-refractivity contribution in [2.45, 2.75) is 77.6 Å². The molecule has 2 aliphatic rings. The largest absolute Gasteiger partial charge is 0.493 e. The lowest BCUT2D eigenvalue weighted by molar-refractivity contribution is 0.240. The van der Waals surface area contributed by atoms with Gasteiger partial charge in [0.25, 0.3) is 0 Å². The molecule has 1 unspecified atom stereocenters. The standard InChI is InChI=1S/C30H38ClFO2/c1-3-5-21-6-10-23(11-7-21)24-14-16-26(17-15-24)34-20-22-8-12-25(13-9-22)27-18-19-28(33-4-2)30(32)29(27)31/h12,14-19,21-23H,3-11,13,20H2,1-2H3. The molecule has 2 aliphatic carbocycles. The minimum atomic E-state index is -0.468. The maximum absolute atomic E-state index is 14.5. The Morgan fingerprint density at radius 1 is 0.912 bits per heavy atom. The summed E-state index contributed by atoms with van der Waals surface area (Å²) in [4.78, 5) is 0. The third-order valence-corrected chi connectivity index (χ3v) is 7.96. The number of rotatable bonds is 9. The van der Waals surface area contributed by atoms with Crippen molar-refractivity contribution >= 4 is 17.2 Å². The van der Waals surface area contributed by atoms with Gasteiger partial charge in [-0.3, -0.25) is 0 Å². The van der Waals surface area contributed by atoms with Crippen molar-refractivity contribution in [1.82, 2.24) is 0 Å². The summed E-state index contributed by atoms with van der Waals surface area (Å²) in [6.45, 7) is 5.25. The van der Waals surface area contributed by atoms with Crippen LogP contribution < -0.4 is 9.47 Å². The topological polar surface area (TPSA) is 18.5 Å². The Bertz CT molecular complexity index is 961. The number of ether oxygens (including phenoxy) is 2. The average molecular weight is 485 g/mol. The van der Waals surface area contributed by atoms with E-state index in [2.05, 4.69) is 37.3 Å². The molecule has 2 nitrogen and oxygen atoms in total. The fourth-order valence-corrected chi connectivity index (χ4v) is 5.85. The lowest BCUT2D eigenvalue weighted by Gasteiger charge is -2.28. The molecule has 2 aromatic carbocycles. The lowest BCUT2D eigenvalue weighted by atomic mass is 9.77. The van der Waals surface area contributed by atoms with E-state index >= 15 is 0 Å². The van der Waals surface area contributed by atoms with Gasteiger partial charge in [-0.15, -0.1) is 0 Å². The second-order valence-corrected chi connectivity index (χ2v) is 10.3. The molecule has 0 heterocycles. The van der Waals surface area contributed by atoms with Crippen LogP contribution in [0, 0.1) is 17.7 Å².